The van der Waals surface area contributed by atoms with E-state index in [0.29, 0.717) is 11.5 Å². The summed E-state index contributed by atoms with van der Waals surface area (Å²) < 4.78 is 0. The Bertz CT molecular complexity index is 404. The highest BCUT2D eigenvalue weighted by Gasteiger charge is 2.36. The maximum Gasteiger partial charge on any atom is 0.240 e. The number of hydrogen-bond acceptors (Lipinski definition) is 4. The number of nitrogens with two attached hydrogens (primary N) is 1. The molecule has 3 atom stereocenters. The lowest BCUT2D eigenvalue weighted by Gasteiger charge is -2.33. The van der Waals surface area contributed by atoms with Gasteiger partial charge in [-0.25, -0.2) is 5.06 Å². The second-order valence-corrected chi connectivity index (χ2v) is 7.17. The predicted octanol–water partition coefficient (Wildman–Crippen LogP) is 0.901. The van der Waals surface area contributed by atoms with Gasteiger partial charge in [-0.1, -0.05) is 34.6 Å². The summed E-state index contributed by atoms with van der Waals surface area (Å²) >= 11 is 0. The number of rotatable bonds is 8. The molecular formula is C15H29N3O4. The van der Waals surface area contributed by atoms with Crippen molar-refractivity contribution in [1.82, 2.24) is 10.4 Å². The summed E-state index contributed by atoms with van der Waals surface area (Å²) in [5, 5.41) is 12.7. The van der Waals surface area contributed by atoms with Crippen LogP contribution in [0.5, 0.6) is 0 Å². The van der Waals surface area contributed by atoms with Gasteiger partial charge in [0.25, 0.3) is 0 Å². The maximum absolute atomic E-state index is 12.5. The van der Waals surface area contributed by atoms with Crippen LogP contribution in [0.2, 0.25) is 0 Å². The van der Waals surface area contributed by atoms with Crippen molar-refractivity contribution in [3.63, 3.8) is 0 Å². The minimum Gasteiger partial charge on any atom is -0.368 e. The fourth-order valence-corrected chi connectivity index (χ4v) is 2.27. The second kappa shape index (κ2) is 8.12. The molecule has 0 aliphatic rings. The number of primary amides is 1. The topological polar surface area (TPSA) is 113 Å². The van der Waals surface area contributed by atoms with Gasteiger partial charge in [0.1, 0.15) is 6.04 Å². The van der Waals surface area contributed by atoms with E-state index in [4.69, 9.17) is 5.73 Å². The molecule has 0 spiro atoms. The summed E-state index contributed by atoms with van der Waals surface area (Å²) in [7, 11) is 0. The molecule has 0 aromatic heterocycles. The Labute approximate surface area is 132 Å². The molecule has 0 heterocycles. The van der Waals surface area contributed by atoms with Crippen LogP contribution >= 0.6 is 0 Å². The number of nitrogens with zero attached hydrogens (tertiary/aromatic N) is 1. The van der Waals surface area contributed by atoms with Gasteiger partial charge in [0.05, 0.1) is 12.0 Å². The summed E-state index contributed by atoms with van der Waals surface area (Å²) in [5.41, 5.74) is 4.83. The van der Waals surface area contributed by atoms with Gasteiger partial charge in [-0.3, -0.25) is 19.6 Å². The van der Waals surface area contributed by atoms with Gasteiger partial charge in [-0.2, -0.15) is 0 Å². The van der Waals surface area contributed by atoms with E-state index in [1.807, 2.05) is 13.8 Å². The van der Waals surface area contributed by atoms with Gasteiger partial charge in [-0.15, -0.1) is 0 Å². The molecule has 0 aromatic carbocycles. The van der Waals surface area contributed by atoms with Crippen LogP contribution in [0, 0.1) is 17.3 Å². The molecule has 0 rings (SSSR count). The Balaban J connectivity index is 5.26. The van der Waals surface area contributed by atoms with Crippen LogP contribution in [0.15, 0.2) is 0 Å². The van der Waals surface area contributed by atoms with E-state index < -0.39 is 35.2 Å². The Morgan fingerprint density at radius 1 is 1.27 bits per heavy atom. The highest BCUT2D eigenvalue weighted by atomic mass is 16.5. The summed E-state index contributed by atoms with van der Waals surface area (Å²) in [6, 6.07) is -1.53. The van der Waals surface area contributed by atoms with Crippen molar-refractivity contribution in [2.45, 2.75) is 60.0 Å². The van der Waals surface area contributed by atoms with Crippen LogP contribution in [0.3, 0.4) is 0 Å². The van der Waals surface area contributed by atoms with Crippen molar-refractivity contribution in [2.75, 3.05) is 0 Å². The van der Waals surface area contributed by atoms with Crippen molar-refractivity contribution in [2.24, 2.45) is 23.0 Å². The summed E-state index contributed by atoms with van der Waals surface area (Å²) in [5.74, 6) is -1.48. The van der Waals surface area contributed by atoms with Gasteiger partial charge < -0.3 is 11.1 Å². The number of nitrogens with one attached hydrogen (secondary N) is 1. The normalized spacial score (nSPS) is 15.8. The van der Waals surface area contributed by atoms with E-state index in [1.165, 1.54) is 0 Å². The second-order valence-electron chi connectivity index (χ2n) is 7.17. The first-order valence-corrected chi connectivity index (χ1v) is 7.44. The molecule has 0 aliphatic heterocycles. The Hall–Kier alpha value is -1.63. The van der Waals surface area contributed by atoms with Crippen molar-refractivity contribution in [3.05, 3.63) is 0 Å². The maximum atomic E-state index is 12.5. The van der Waals surface area contributed by atoms with Crippen LogP contribution < -0.4 is 11.1 Å². The zero-order valence-corrected chi connectivity index (χ0v) is 14.3. The lowest BCUT2D eigenvalue weighted by molar-refractivity contribution is -0.166. The van der Waals surface area contributed by atoms with E-state index in [2.05, 4.69) is 5.32 Å². The molecule has 4 N–H and O–H groups in total. The third-order valence-electron chi connectivity index (χ3n) is 3.61. The van der Waals surface area contributed by atoms with Crippen molar-refractivity contribution in [3.8, 4) is 0 Å². The molecule has 7 nitrogen and oxygen atoms in total. The zero-order chi connectivity index (χ0) is 17.7. The summed E-state index contributed by atoms with van der Waals surface area (Å²) in [6.07, 6.45) is 0.730. The van der Waals surface area contributed by atoms with Crippen molar-refractivity contribution >= 4 is 18.2 Å². The molecule has 0 bridgehead atoms. The molecule has 0 aliphatic carbocycles. The molecule has 7 heteroatoms. The minimum absolute atomic E-state index is 0.180. The molecule has 0 radical (unpaired) electrons. The standard InChI is InChI=1S/C15H29N3O4/c1-9(2)7-11(10(3)18(22)8-19)14(21)17-12(13(16)20)15(4,5)6/h8-12,22H,7H2,1-6H3,(H2,16,20)(H,17,21)/t10-,11+,12+/m0/s1. The number of hydrogen-bond donors (Lipinski definition) is 3. The molecule has 0 unspecified atom stereocenters. The van der Waals surface area contributed by atoms with Crippen LogP contribution in [0.1, 0.15) is 48.0 Å². The average molecular weight is 315 g/mol. The molecule has 3 amide bonds. The molecular weight excluding hydrogens is 286 g/mol. The highest BCUT2D eigenvalue weighted by molar-refractivity contribution is 5.88. The summed E-state index contributed by atoms with van der Waals surface area (Å²) in [6.45, 7) is 10.8. The van der Waals surface area contributed by atoms with Gasteiger partial charge in [-0.05, 0) is 24.7 Å². The smallest absolute Gasteiger partial charge is 0.240 e. The predicted molar refractivity (Wildman–Crippen MR) is 82.7 cm³/mol. The van der Waals surface area contributed by atoms with Gasteiger partial charge in [0, 0.05) is 0 Å². The van der Waals surface area contributed by atoms with E-state index in [0.717, 1.165) is 0 Å². The average Bonchev–Trinajstić information content (AvgIpc) is 2.38. The highest BCUT2D eigenvalue weighted by Crippen LogP contribution is 2.23. The molecule has 0 saturated heterocycles. The van der Waals surface area contributed by atoms with Crippen LogP contribution in [0.25, 0.3) is 0 Å². The largest absolute Gasteiger partial charge is 0.368 e. The first-order valence-electron chi connectivity index (χ1n) is 7.44. The molecule has 0 aromatic rings. The number of carbonyl (C=O) groups excluding carboxylic acids is 3. The van der Waals surface area contributed by atoms with E-state index in [-0.39, 0.29) is 12.3 Å². The molecule has 22 heavy (non-hydrogen) atoms. The van der Waals surface area contributed by atoms with E-state index in [1.54, 1.807) is 27.7 Å². The number of amides is 3. The monoisotopic (exact) mass is 315 g/mol. The fourth-order valence-electron chi connectivity index (χ4n) is 2.27. The quantitative estimate of drug-likeness (QED) is 0.351. The zero-order valence-electron chi connectivity index (χ0n) is 14.3. The lowest BCUT2D eigenvalue weighted by atomic mass is 9.84. The van der Waals surface area contributed by atoms with Crippen LogP contribution in [-0.4, -0.2) is 40.6 Å². The van der Waals surface area contributed by atoms with Gasteiger partial charge in [0.2, 0.25) is 18.2 Å². The SMILES string of the molecule is CC(C)C[C@@H](C(=O)N[C@H](C(N)=O)C(C)(C)C)[C@H](C)N(O)C=O. The fraction of sp³-hybridized carbons (Fsp3) is 0.800. The number of carbonyl (C=O) groups is 3. The minimum atomic E-state index is -0.828. The van der Waals surface area contributed by atoms with E-state index >= 15 is 0 Å². The Morgan fingerprint density at radius 3 is 2.09 bits per heavy atom. The molecule has 128 valence electrons. The third kappa shape index (κ3) is 6.01. The van der Waals surface area contributed by atoms with Crippen molar-refractivity contribution < 1.29 is 19.6 Å². The first kappa shape index (κ1) is 20.4. The molecule has 0 saturated carbocycles. The van der Waals surface area contributed by atoms with Crippen molar-refractivity contribution in [1.29, 1.82) is 0 Å². The van der Waals surface area contributed by atoms with E-state index in [9.17, 15) is 19.6 Å². The lowest BCUT2D eigenvalue weighted by Crippen LogP contribution is -2.55. The third-order valence-corrected chi connectivity index (χ3v) is 3.61. The Kier molecular flexibility index (Phi) is 7.52. The van der Waals surface area contributed by atoms with Gasteiger partial charge in [0.15, 0.2) is 0 Å². The van der Waals surface area contributed by atoms with Crippen LogP contribution in [-0.2, 0) is 14.4 Å². The first-order chi connectivity index (χ1) is 9.91. The molecule has 0 fully saturated rings. The summed E-state index contributed by atoms with van der Waals surface area (Å²) in [4.78, 5) is 34.8. The Morgan fingerprint density at radius 2 is 1.77 bits per heavy atom. The number of hydroxylamine groups is 2. The van der Waals surface area contributed by atoms with Gasteiger partial charge >= 0.3 is 0 Å². The van der Waals surface area contributed by atoms with Crippen LogP contribution in [0.4, 0.5) is 0 Å².